The van der Waals surface area contributed by atoms with E-state index in [2.05, 4.69) is 20.8 Å². The summed E-state index contributed by atoms with van der Waals surface area (Å²) >= 11 is 0. The molecule has 140 valence electrons. The molecule has 0 bridgehead atoms. The van der Waals surface area contributed by atoms with Crippen LogP contribution in [0.25, 0.3) is 0 Å². The number of sulfonamides is 2. The van der Waals surface area contributed by atoms with E-state index in [1.165, 1.54) is 8.61 Å². The first-order valence-electron chi connectivity index (χ1n) is 8.62. The van der Waals surface area contributed by atoms with Crippen molar-refractivity contribution in [1.82, 2.24) is 8.61 Å². The summed E-state index contributed by atoms with van der Waals surface area (Å²) in [6, 6.07) is 6.98. The van der Waals surface area contributed by atoms with E-state index in [1.807, 2.05) is 12.1 Å². The first kappa shape index (κ1) is 18.8. The number of piperazine rings is 1. The van der Waals surface area contributed by atoms with Crippen LogP contribution < -0.4 is 0 Å². The van der Waals surface area contributed by atoms with Gasteiger partial charge in [-0.1, -0.05) is 32.9 Å². The van der Waals surface area contributed by atoms with Crippen molar-refractivity contribution < 1.29 is 16.8 Å². The quantitative estimate of drug-likeness (QED) is 0.791. The van der Waals surface area contributed by atoms with Crippen LogP contribution in [-0.4, -0.2) is 56.9 Å². The van der Waals surface area contributed by atoms with Gasteiger partial charge in [-0.15, -0.1) is 0 Å². The third-order valence-electron chi connectivity index (χ3n) is 4.86. The average Bonchev–Trinajstić information content (AvgIpc) is 3.40. The molecule has 0 spiro atoms. The van der Waals surface area contributed by atoms with Crippen LogP contribution in [0.4, 0.5) is 0 Å². The first-order chi connectivity index (χ1) is 11.5. The van der Waals surface area contributed by atoms with Crippen LogP contribution in [-0.2, 0) is 25.5 Å². The number of benzene rings is 1. The van der Waals surface area contributed by atoms with Gasteiger partial charge in [-0.05, 0) is 36.0 Å². The fraction of sp³-hybridized carbons (Fsp3) is 0.647. The molecule has 6 nitrogen and oxygen atoms in total. The van der Waals surface area contributed by atoms with Crippen molar-refractivity contribution >= 4 is 20.0 Å². The van der Waals surface area contributed by atoms with E-state index in [4.69, 9.17) is 0 Å². The normalized spacial score (nSPS) is 21.4. The highest BCUT2D eigenvalue weighted by atomic mass is 32.2. The summed E-state index contributed by atoms with van der Waals surface area (Å²) in [7, 11) is -6.82. The molecule has 0 aromatic heterocycles. The largest absolute Gasteiger partial charge is 0.243 e. The molecule has 1 aromatic rings. The fourth-order valence-corrected chi connectivity index (χ4v) is 6.27. The summed E-state index contributed by atoms with van der Waals surface area (Å²) in [5.41, 5.74) is 1.04. The van der Waals surface area contributed by atoms with E-state index >= 15 is 0 Å². The molecule has 1 aromatic carbocycles. The van der Waals surface area contributed by atoms with Gasteiger partial charge in [0, 0.05) is 26.2 Å². The molecule has 1 heterocycles. The van der Waals surface area contributed by atoms with E-state index in [-0.39, 0.29) is 41.7 Å². The Labute approximate surface area is 150 Å². The Morgan fingerprint density at radius 3 is 1.76 bits per heavy atom. The number of hydrogen-bond donors (Lipinski definition) is 0. The third kappa shape index (κ3) is 3.77. The Morgan fingerprint density at radius 1 is 0.840 bits per heavy atom. The lowest BCUT2D eigenvalue weighted by molar-refractivity contribution is 0.272. The summed E-state index contributed by atoms with van der Waals surface area (Å²) in [5.74, 6) is 0. The lowest BCUT2D eigenvalue weighted by atomic mass is 9.87. The summed E-state index contributed by atoms with van der Waals surface area (Å²) in [4.78, 5) is 0.263. The molecule has 0 amide bonds. The van der Waals surface area contributed by atoms with Crippen LogP contribution in [0.15, 0.2) is 29.2 Å². The summed E-state index contributed by atoms with van der Waals surface area (Å²) in [5, 5.41) is -0.249. The van der Waals surface area contributed by atoms with Crippen LogP contribution in [0, 0.1) is 0 Å². The van der Waals surface area contributed by atoms with Crippen LogP contribution in [0.3, 0.4) is 0 Å². The maximum atomic E-state index is 12.8. The smallest absolute Gasteiger partial charge is 0.212 e. The number of nitrogens with zero attached hydrogens (tertiary/aromatic N) is 2. The highest BCUT2D eigenvalue weighted by Crippen LogP contribution is 2.32. The summed E-state index contributed by atoms with van der Waals surface area (Å²) < 4.78 is 53.0. The maximum absolute atomic E-state index is 12.8. The summed E-state index contributed by atoms with van der Waals surface area (Å²) in [6.07, 6.45) is 1.45. The molecule has 3 rings (SSSR count). The molecule has 0 unspecified atom stereocenters. The zero-order chi connectivity index (χ0) is 18.5. The minimum Gasteiger partial charge on any atom is -0.212 e. The van der Waals surface area contributed by atoms with Gasteiger partial charge in [-0.3, -0.25) is 0 Å². The Kier molecular flexibility index (Phi) is 4.77. The molecule has 0 N–H and O–H groups in total. The predicted octanol–water partition coefficient (Wildman–Crippen LogP) is 1.78. The van der Waals surface area contributed by atoms with Gasteiger partial charge in [0.1, 0.15) is 0 Å². The molecule has 2 fully saturated rings. The predicted molar refractivity (Wildman–Crippen MR) is 97.4 cm³/mol. The van der Waals surface area contributed by atoms with Gasteiger partial charge >= 0.3 is 0 Å². The second kappa shape index (κ2) is 6.33. The SMILES string of the molecule is CC(C)(C)c1ccc(S(=O)(=O)N2CCN(S(=O)(=O)C3CC3)CC2)cc1. The second-order valence-corrected chi connectivity index (χ2v) is 12.0. The molecule has 2 aliphatic rings. The molecule has 1 saturated carbocycles. The third-order valence-corrected chi connectivity index (χ3v) is 9.17. The van der Waals surface area contributed by atoms with Crippen molar-refractivity contribution in [3.8, 4) is 0 Å². The topological polar surface area (TPSA) is 74.8 Å². The fourth-order valence-electron chi connectivity index (χ4n) is 3.02. The number of rotatable bonds is 4. The number of hydrogen-bond acceptors (Lipinski definition) is 4. The Balaban J connectivity index is 1.71. The van der Waals surface area contributed by atoms with Gasteiger partial charge in [0.2, 0.25) is 20.0 Å². The van der Waals surface area contributed by atoms with E-state index in [1.54, 1.807) is 12.1 Å². The van der Waals surface area contributed by atoms with Crippen LogP contribution in [0.5, 0.6) is 0 Å². The van der Waals surface area contributed by atoms with E-state index in [0.29, 0.717) is 0 Å². The Morgan fingerprint density at radius 2 is 1.32 bits per heavy atom. The van der Waals surface area contributed by atoms with Gasteiger partial charge in [0.05, 0.1) is 10.1 Å². The van der Waals surface area contributed by atoms with E-state index in [0.717, 1.165) is 18.4 Å². The van der Waals surface area contributed by atoms with E-state index in [9.17, 15) is 16.8 Å². The van der Waals surface area contributed by atoms with Crippen molar-refractivity contribution in [3.63, 3.8) is 0 Å². The Hall–Kier alpha value is -0.960. The molecule has 8 heteroatoms. The lowest BCUT2D eigenvalue weighted by Gasteiger charge is -2.33. The molecule has 1 aliphatic heterocycles. The van der Waals surface area contributed by atoms with Crippen molar-refractivity contribution in [2.24, 2.45) is 0 Å². The zero-order valence-electron chi connectivity index (χ0n) is 15.0. The Bertz CT molecular complexity index is 828. The second-order valence-electron chi connectivity index (χ2n) is 7.82. The van der Waals surface area contributed by atoms with Crippen molar-refractivity contribution in [2.75, 3.05) is 26.2 Å². The molecule has 0 atom stereocenters. The van der Waals surface area contributed by atoms with Crippen LogP contribution in [0.2, 0.25) is 0 Å². The first-order valence-corrected chi connectivity index (χ1v) is 11.6. The van der Waals surface area contributed by atoms with Crippen molar-refractivity contribution in [3.05, 3.63) is 29.8 Å². The highest BCUT2D eigenvalue weighted by Gasteiger charge is 2.42. The average molecular weight is 387 g/mol. The van der Waals surface area contributed by atoms with Crippen LogP contribution >= 0.6 is 0 Å². The van der Waals surface area contributed by atoms with Gasteiger partial charge in [0.15, 0.2) is 0 Å². The molecule has 1 aliphatic carbocycles. The molecular weight excluding hydrogens is 360 g/mol. The van der Waals surface area contributed by atoms with Gasteiger partial charge in [0.25, 0.3) is 0 Å². The van der Waals surface area contributed by atoms with Gasteiger partial charge in [-0.2, -0.15) is 8.61 Å². The van der Waals surface area contributed by atoms with Crippen LogP contribution in [0.1, 0.15) is 39.2 Å². The monoisotopic (exact) mass is 386 g/mol. The van der Waals surface area contributed by atoms with Gasteiger partial charge in [-0.25, -0.2) is 16.8 Å². The van der Waals surface area contributed by atoms with Crippen molar-refractivity contribution in [2.45, 2.75) is 49.2 Å². The van der Waals surface area contributed by atoms with E-state index < -0.39 is 20.0 Å². The molecular formula is C17H26N2O4S2. The van der Waals surface area contributed by atoms with Gasteiger partial charge < -0.3 is 0 Å². The molecule has 0 radical (unpaired) electrons. The minimum atomic E-state index is -3.59. The molecule has 25 heavy (non-hydrogen) atoms. The minimum absolute atomic E-state index is 0.0366. The zero-order valence-corrected chi connectivity index (χ0v) is 16.6. The maximum Gasteiger partial charge on any atom is 0.243 e. The van der Waals surface area contributed by atoms with Crippen molar-refractivity contribution in [1.29, 1.82) is 0 Å². The molecule has 1 saturated heterocycles. The summed E-state index contributed by atoms with van der Waals surface area (Å²) in [6.45, 7) is 7.11. The highest BCUT2D eigenvalue weighted by molar-refractivity contribution is 7.90. The standard InChI is InChI=1S/C17H26N2O4S2/c1-17(2,3)14-4-6-15(7-5-14)24(20,21)18-10-12-19(13-11-18)25(22,23)16-8-9-16/h4-7,16H,8-13H2,1-3H3. The lowest BCUT2D eigenvalue weighted by Crippen LogP contribution is -2.51.